The van der Waals surface area contributed by atoms with Gasteiger partial charge in [0.2, 0.25) is 0 Å². The number of alkyl halides is 2. The molecule has 0 aromatic heterocycles. The van der Waals surface area contributed by atoms with Crippen molar-refractivity contribution < 1.29 is 13.2 Å². The van der Waals surface area contributed by atoms with E-state index in [1.54, 1.807) is 16.4 Å². The molecule has 2 saturated heterocycles. The topological polar surface area (TPSA) is 15.3 Å². The summed E-state index contributed by atoms with van der Waals surface area (Å²) in [6.45, 7) is 1.10. The summed E-state index contributed by atoms with van der Waals surface area (Å²) >= 11 is 4.28. The van der Waals surface area contributed by atoms with Crippen LogP contribution in [0.5, 0.6) is 0 Å². The fraction of sp³-hybridized carbons (Fsp3) is 0.538. The number of benzene rings is 1. The zero-order chi connectivity index (χ0) is 14.4. The van der Waals surface area contributed by atoms with Crippen molar-refractivity contribution in [2.75, 3.05) is 26.2 Å². The van der Waals surface area contributed by atoms with Gasteiger partial charge in [-0.05, 0) is 52.5 Å². The molecule has 2 aliphatic rings. The van der Waals surface area contributed by atoms with E-state index in [0.717, 1.165) is 0 Å². The molecule has 0 bridgehead atoms. The first-order valence-electron chi connectivity index (χ1n) is 6.38. The van der Waals surface area contributed by atoms with Crippen molar-refractivity contribution in [1.82, 2.24) is 9.62 Å². The van der Waals surface area contributed by atoms with Crippen molar-refractivity contribution in [1.29, 1.82) is 0 Å². The number of nitrogens with zero attached hydrogens (tertiary/aromatic N) is 1. The minimum Gasteiger partial charge on any atom is -0.315 e. The number of hydrogen-bond acceptors (Lipinski definition) is 3. The molecule has 0 unspecified atom stereocenters. The lowest BCUT2D eigenvalue weighted by atomic mass is 9.71. The molecule has 20 heavy (non-hydrogen) atoms. The maximum atomic E-state index is 14.2. The summed E-state index contributed by atoms with van der Waals surface area (Å²) in [5, 5.41) is 2.95. The summed E-state index contributed by atoms with van der Waals surface area (Å²) in [6, 6.07) is 4.69. The summed E-state index contributed by atoms with van der Waals surface area (Å²) in [6.07, 6.45) is 0.471. The normalized spacial score (nSPS) is 24.6. The third kappa shape index (κ3) is 2.49. The Kier molecular flexibility index (Phi) is 3.81. The monoisotopic (exact) mass is 366 g/mol. The van der Waals surface area contributed by atoms with Crippen LogP contribution in [-0.4, -0.2) is 36.4 Å². The third-order valence-electron chi connectivity index (χ3n) is 4.04. The molecule has 0 saturated carbocycles. The van der Waals surface area contributed by atoms with Gasteiger partial charge in [0.05, 0.1) is 16.4 Å². The summed E-state index contributed by atoms with van der Waals surface area (Å²) in [4.78, 5) is 0.643. The fourth-order valence-electron chi connectivity index (χ4n) is 2.61. The summed E-state index contributed by atoms with van der Waals surface area (Å²) < 4.78 is 43.9. The Morgan fingerprint density at radius 1 is 1.30 bits per heavy atom. The van der Waals surface area contributed by atoms with E-state index in [4.69, 9.17) is 0 Å². The lowest BCUT2D eigenvalue weighted by molar-refractivity contribution is -0.175. The van der Waals surface area contributed by atoms with E-state index in [1.165, 1.54) is 18.0 Å². The average molecular weight is 367 g/mol. The number of halogens is 4. The molecule has 2 aliphatic heterocycles. The van der Waals surface area contributed by atoms with Crippen LogP contribution in [0.2, 0.25) is 0 Å². The Morgan fingerprint density at radius 2 is 2.05 bits per heavy atom. The minimum atomic E-state index is -2.70. The van der Waals surface area contributed by atoms with Crippen molar-refractivity contribution in [3.8, 4) is 0 Å². The molecule has 0 amide bonds. The van der Waals surface area contributed by atoms with Crippen LogP contribution in [0.3, 0.4) is 0 Å². The van der Waals surface area contributed by atoms with Gasteiger partial charge in [0.15, 0.2) is 0 Å². The predicted molar refractivity (Wildman–Crippen MR) is 76.4 cm³/mol. The predicted octanol–water partition coefficient (Wildman–Crippen LogP) is 3.53. The average Bonchev–Trinajstić information content (AvgIpc) is 2.31. The summed E-state index contributed by atoms with van der Waals surface area (Å²) in [5.41, 5.74) is -0.866. The van der Waals surface area contributed by atoms with Gasteiger partial charge in [-0.1, -0.05) is 0 Å². The van der Waals surface area contributed by atoms with Gasteiger partial charge in [0, 0.05) is 24.5 Å². The zero-order valence-corrected chi connectivity index (χ0v) is 13.0. The highest BCUT2D eigenvalue weighted by molar-refractivity contribution is 9.10. The van der Waals surface area contributed by atoms with Crippen LogP contribution in [0.4, 0.5) is 13.2 Å². The quantitative estimate of drug-likeness (QED) is 0.806. The first-order valence-corrected chi connectivity index (χ1v) is 7.95. The van der Waals surface area contributed by atoms with Crippen LogP contribution in [0.15, 0.2) is 27.6 Å². The van der Waals surface area contributed by atoms with Gasteiger partial charge in [0.25, 0.3) is 5.92 Å². The van der Waals surface area contributed by atoms with Crippen LogP contribution in [0.1, 0.15) is 6.42 Å². The van der Waals surface area contributed by atoms with Gasteiger partial charge >= 0.3 is 0 Å². The molecular weight excluding hydrogens is 353 g/mol. The molecule has 1 N–H and O–H groups in total. The molecule has 1 aromatic carbocycles. The Labute approximate surface area is 128 Å². The van der Waals surface area contributed by atoms with Gasteiger partial charge in [-0.25, -0.2) is 17.5 Å². The van der Waals surface area contributed by atoms with E-state index < -0.39 is 11.3 Å². The standard InChI is InChI=1S/C13H14BrF3N2S/c14-10-2-1-9(5-11(10)15)20-19-4-3-12(6-18-7-12)13(16,17)8-19/h1-2,5,18H,3-4,6-8H2. The molecule has 3 rings (SSSR count). The van der Waals surface area contributed by atoms with Crippen LogP contribution in [-0.2, 0) is 0 Å². The van der Waals surface area contributed by atoms with Gasteiger partial charge in [-0.3, -0.25) is 0 Å². The maximum absolute atomic E-state index is 14.2. The van der Waals surface area contributed by atoms with Crippen molar-refractivity contribution in [3.63, 3.8) is 0 Å². The Balaban J connectivity index is 1.69. The molecule has 1 spiro atoms. The van der Waals surface area contributed by atoms with E-state index in [-0.39, 0.29) is 12.4 Å². The zero-order valence-electron chi connectivity index (χ0n) is 10.6. The Bertz CT molecular complexity index is 522. The minimum absolute atomic E-state index is 0.281. The van der Waals surface area contributed by atoms with Crippen LogP contribution >= 0.6 is 27.9 Å². The van der Waals surface area contributed by atoms with Gasteiger partial charge < -0.3 is 5.32 Å². The second kappa shape index (κ2) is 5.19. The lowest BCUT2D eigenvalue weighted by Gasteiger charge is -2.52. The van der Waals surface area contributed by atoms with Gasteiger partial charge in [0.1, 0.15) is 5.82 Å². The van der Waals surface area contributed by atoms with Gasteiger partial charge in [-0.15, -0.1) is 0 Å². The van der Waals surface area contributed by atoms with Crippen molar-refractivity contribution in [2.24, 2.45) is 5.41 Å². The van der Waals surface area contributed by atoms with Crippen molar-refractivity contribution in [2.45, 2.75) is 17.2 Å². The number of nitrogens with one attached hydrogen (secondary N) is 1. The lowest BCUT2D eigenvalue weighted by Crippen LogP contribution is -2.68. The second-order valence-electron chi connectivity index (χ2n) is 5.37. The molecule has 110 valence electrons. The smallest absolute Gasteiger partial charge is 0.269 e. The fourth-order valence-corrected chi connectivity index (χ4v) is 3.85. The molecule has 0 aliphatic carbocycles. The molecule has 2 heterocycles. The highest BCUT2D eigenvalue weighted by Crippen LogP contribution is 2.48. The first kappa shape index (κ1) is 14.7. The van der Waals surface area contributed by atoms with Crippen LogP contribution in [0.25, 0.3) is 0 Å². The molecule has 7 heteroatoms. The Morgan fingerprint density at radius 3 is 2.60 bits per heavy atom. The highest BCUT2D eigenvalue weighted by atomic mass is 79.9. The third-order valence-corrected chi connectivity index (χ3v) is 5.72. The largest absolute Gasteiger partial charge is 0.315 e. The first-order chi connectivity index (χ1) is 9.42. The number of piperidine rings is 1. The van der Waals surface area contributed by atoms with Crippen molar-refractivity contribution >= 4 is 27.9 Å². The molecule has 2 fully saturated rings. The highest BCUT2D eigenvalue weighted by Gasteiger charge is 2.59. The summed E-state index contributed by atoms with van der Waals surface area (Å²) in [5.74, 6) is -3.07. The number of rotatable bonds is 2. The molecule has 1 aromatic rings. The maximum Gasteiger partial charge on any atom is 0.269 e. The Hall–Kier alpha value is -0.240. The number of hydrogen-bond donors (Lipinski definition) is 1. The van der Waals surface area contributed by atoms with Crippen LogP contribution < -0.4 is 5.32 Å². The molecule has 2 nitrogen and oxygen atoms in total. The van der Waals surface area contributed by atoms with E-state index in [0.29, 0.717) is 35.4 Å². The molecular formula is C13H14BrF3N2S. The molecule has 0 radical (unpaired) electrons. The van der Waals surface area contributed by atoms with E-state index in [9.17, 15) is 13.2 Å². The second-order valence-corrected chi connectivity index (χ2v) is 7.39. The van der Waals surface area contributed by atoms with Gasteiger partial charge in [-0.2, -0.15) is 0 Å². The van der Waals surface area contributed by atoms with Crippen LogP contribution in [0, 0.1) is 11.2 Å². The molecule has 0 atom stereocenters. The summed E-state index contributed by atoms with van der Waals surface area (Å²) in [7, 11) is 0. The van der Waals surface area contributed by atoms with E-state index in [1.807, 2.05) is 0 Å². The van der Waals surface area contributed by atoms with E-state index >= 15 is 0 Å². The van der Waals surface area contributed by atoms with Crippen molar-refractivity contribution in [3.05, 3.63) is 28.5 Å². The van der Waals surface area contributed by atoms with E-state index in [2.05, 4.69) is 21.2 Å². The SMILES string of the molecule is Fc1cc(SN2CCC3(CNC3)C(F)(F)C2)ccc1Br.